The van der Waals surface area contributed by atoms with E-state index in [2.05, 4.69) is 9.80 Å². The summed E-state index contributed by atoms with van der Waals surface area (Å²) in [5.41, 5.74) is 1.93. The van der Waals surface area contributed by atoms with Gasteiger partial charge in [-0.05, 0) is 37.1 Å². The molecule has 3 rings (SSSR count). The van der Waals surface area contributed by atoms with Crippen LogP contribution in [0.4, 0.5) is 5.69 Å². The molecular formula is C18H27N3O. The van der Waals surface area contributed by atoms with Crippen molar-refractivity contribution in [2.45, 2.75) is 31.7 Å². The Balaban J connectivity index is 1.57. The van der Waals surface area contributed by atoms with Crippen molar-refractivity contribution in [3.63, 3.8) is 0 Å². The Labute approximate surface area is 133 Å². The first kappa shape index (κ1) is 15.3. The summed E-state index contributed by atoms with van der Waals surface area (Å²) in [6.45, 7) is 3.80. The number of anilines is 1. The summed E-state index contributed by atoms with van der Waals surface area (Å²) < 4.78 is 0. The number of piperazine rings is 1. The zero-order valence-electron chi connectivity index (χ0n) is 13.8. The summed E-state index contributed by atoms with van der Waals surface area (Å²) in [6, 6.07) is 8.70. The van der Waals surface area contributed by atoms with Crippen molar-refractivity contribution in [3.05, 3.63) is 29.8 Å². The first-order valence-corrected chi connectivity index (χ1v) is 8.46. The first-order chi connectivity index (χ1) is 10.6. The van der Waals surface area contributed by atoms with Gasteiger partial charge in [0.05, 0.1) is 0 Å². The zero-order valence-corrected chi connectivity index (χ0v) is 13.8. The van der Waals surface area contributed by atoms with Gasteiger partial charge < -0.3 is 9.80 Å². The average molecular weight is 301 g/mol. The Bertz CT molecular complexity index is 498. The summed E-state index contributed by atoms with van der Waals surface area (Å²) in [5, 5.41) is 0. The van der Waals surface area contributed by atoms with Gasteiger partial charge in [-0.15, -0.1) is 0 Å². The lowest BCUT2D eigenvalue weighted by atomic mass is 10.1. The molecule has 2 fully saturated rings. The third-order valence-electron chi connectivity index (χ3n) is 5.07. The van der Waals surface area contributed by atoms with Gasteiger partial charge in [-0.3, -0.25) is 9.69 Å². The molecule has 1 amide bonds. The monoisotopic (exact) mass is 301 g/mol. The van der Waals surface area contributed by atoms with E-state index < -0.39 is 0 Å². The Morgan fingerprint density at radius 1 is 1.00 bits per heavy atom. The maximum Gasteiger partial charge on any atom is 0.253 e. The molecule has 0 aromatic heterocycles. The highest BCUT2D eigenvalue weighted by molar-refractivity contribution is 5.94. The SMILES string of the molecule is CN(C)c1ccc(C(=O)N2CCN(C3CCCC3)CC2)cc1. The van der Waals surface area contributed by atoms with Gasteiger partial charge in [-0.2, -0.15) is 0 Å². The van der Waals surface area contributed by atoms with Gasteiger partial charge >= 0.3 is 0 Å². The molecule has 0 bridgehead atoms. The van der Waals surface area contributed by atoms with Gasteiger partial charge in [0.1, 0.15) is 0 Å². The Morgan fingerprint density at radius 2 is 1.59 bits per heavy atom. The lowest BCUT2D eigenvalue weighted by molar-refractivity contribution is 0.0573. The number of rotatable bonds is 3. The van der Waals surface area contributed by atoms with Gasteiger partial charge in [0.25, 0.3) is 5.91 Å². The predicted octanol–water partition coefficient (Wildman–Crippen LogP) is 2.45. The van der Waals surface area contributed by atoms with Crippen LogP contribution in [-0.4, -0.2) is 62.0 Å². The fraction of sp³-hybridized carbons (Fsp3) is 0.611. The Kier molecular flexibility index (Phi) is 4.67. The smallest absolute Gasteiger partial charge is 0.253 e. The number of benzene rings is 1. The van der Waals surface area contributed by atoms with E-state index >= 15 is 0 Å². The molecule has 0 N–H and O–H groups in total. The molecule has 1 aliphatic carbocycles. The maximum absolute atomic E-state index is 12.6. The van der Waals surface area contributed by atoms with E-state index in [-0.39, 0.29) is 5.91 Å². The standard InChI is InChI=1S/C18H27N3O/c1-19(2)16-9-7-15(8-10-16)18(22)21-13-11-20(12-14-21)17-5-3-4-6-17/h7-10,17H,3-6,11-14H2,1-2H3. The molecule has 0 spiro atoms. The normalized spacial score (nSPS) is 20.4. The van der Waals surface area contributed by atoms with Crippen molar-refractivity contribution in [2.24, 2.45) is 0 Å². The van der Waals surface area contributed by atoms with Crippen molar-refractivity contribution in [1.82, 2.24) is 9.80 Å². The van der Waals surface area contributed by atoms with Crippen molar-refractivity contribution >= 4 is 11.6 Å². The van der Waals surface area contributed by atoms with Crippen LogP contribution in [0.5, 0.6) is 0 Å². The van der Waals surface area contributed by atoms with E-state index in [0.29, 0.717) is 0 Å². The van der Waals surface area contributed by atoms with Gasteiger partial charge in [0.15, 0.2) is 0 Å². The minimum atomic E-state index is 0.177. The summed E-state index contributed by atoms with van der Waals surface area (Å²) in [7, 11) is 4.03. The molecule has 22 heavy (non-hydrogen) atoms. The van der Waals surface area contributed by atoms with Crippen molar-refractivity contribution in [3.8, 4) is 0 Å². The number of amides is 1. The highest BCUT2D eigenvalue weighted by atomic mass is 16.2. The topological polar surface area (TPSA) is 26.8 Å². The van der Waals surface area contributed by atoms with Crippen LogP contribution in [0.3, 0.4) is 0 Å². The van der Waals surface area contributed by atoms with E-state index in [9.17, 15) is 4.79 Å². The van der Waals surface area contributed by atoms with Gasteiger partial charge in [0.2, 0.25) is 0 Å². The molecule has 0 unspecified atom stereocenters. The van der Waals surface area contributed by atoms with Crippen LogP contribution in [-0.2, 0) is 0 Å². The molecule has 0 radical (unpaired) electrons. The van der Waals surface area contributed by atoms with Crippen LogP contribution in [0.1, 0.15) is 36.0 Å². The Morgan fingerprint density at radius 3 is 2.14 bits per heavy atom. The molecule has 0 atom stereocenters. The molecule has 1 heterocycles. The Hall–Kier alpha value is -1.55. The van der Waals surface area contributed by atoms with Crippen LogP contribution in [0.2, 0.25) is 0 Å². The van der Waals surface area contributed by atoms with Gasteiger partial charge in [-0.1, -0.05) is 12.8 Å². The number of carbonyl (C=O) groups is 1. The molecule has 2 aliphatic rings. The first-order valence-electron chi connectivity index (χ1n) is 8.46. The number of hydrogen-bond acceptors (Lipinski definition) is 3. The molecule has 4 nitrogen and oxygen atoms in total. The second kappa shape index (κ2) is 6.69. The molecule has 120 valence electrons. The fourth-order valence-electron chi connectivity index (χ4n) is 3.64. The molecule has 4 heteroatoms. The fourth-order valence-corrected chi connectivity index (χ4v) is 3.64. The van der Waals surface area contributed by atoms with Crippen molar-refractivity contribution in [2.75, 3.05) is 45.2 Å². The van der Waals surface area contributed by atoms with Crippen LogP contribution in [0, 0.1) is 0 Å². The van der Waals surface area contributed by atoms with Crippen LogP contribution in [0.15, 0.2) is 24.3 Å². The lowest BCUT2D eigenvalue weighted by Crippen LogP contribution is -2.51. The minimum Gasteiger partial charge on any atom is -0.378 e. The minimum absolute atomic E-state index is 0.177. The number of nitrogens with zero attached hydrogens (tertiary/aromatic N) is 3. The van der Waals surface area contributed by atoms with Crippen LogP contribution < -0.4 is 4.90 Å². The third-order valence-corrected chi connectivity index (χ3v) is 5.07. The summed E-state index contributed by atoms with van der Waals surface area (Å²) in [4.78, 5) is 19.3. The molecule has 1 saturated carbocycles. The van der Waals surface area contributed by atoms with E-state index in [1.165, 1.54) is 25.7 Å². The summed E-state index contributed by atoms with van der Waals surface area (Å²) in [5.74, 6) is 0.177. The second-order valence-electron chi connectivity index (χ2n) is 6.71. The van der Waals surface area contributed by atoms with E-state index in [1.807, 2.05) is 43.3 Å². The number of carbonyl (C=O) groups excluding carboxylic acids is 1. The molecular weight excluding hydrogens is 274 g/mol. The quantitative estimate of drug-likeness (QED) is 0.858. The molecule has 1 saturated heterocycles. The molecule has 1 aliphatic heterocycles. The van der Waals surface area contributed by atoms with Crippen LogP contribution >= 0.6 is 0 Å². The summed E-state index contributed by atoms with van der Waals surface area (Å²) >= 11 is 0. The highest BCUT2D eigenvalue weighted by Crippen LogP contribution is 2.24. The second-order valence-corrected chi connectivity index (χ2v) is 6.71. The van der Waals surface area contributed by atoms with Gasteiger partial charge in [-0.25, -0.2) is 0 Å². The average Bonchev–Trinajstić information content (AvgIpc) is 3.09. The predicted molar refractivity (Wildman–Crippen MR) is 90.5 cm³/mol. The van der Waals surface area contributed by atoms with Gasteiger partial charge in [0, 0.05) is 57.6 Å². The van der Waals surface area contributed by atoms with E-state index in [1.54, 1.807) is 0 Å². The maximum atomic E-state index is 12.6. The highest BCUT2D eigenvalue weighted by Gasteiger charge is 2.28. The number of hydrogen-bond donors (Lipinski definition) is 0. The zero-order chi connectivity index (χ0) is 15.5. The van der Waals surface area contributed by atoms with Crippen molar-refractivity contribution < 1.29 is 4.79 Å². The molecule has 1 aromatic carbocycles. The van der Waals surface area contributed by atoms with E-state index in [0.717, 1.165) is 43.5 Å². The molecule has 1 aromatic rings. The van der Waals surface area contributed by atoms with E-state index in [4.69, 9.17) is 0 Å². The van der Waals surface area contributed by atoms with Crippen LogP contribution in [0.25, 0.3) is 0 Å². The largest absolute Gasteiger partial charge is 0.378 e. The lowest BCUT2D eigenvalue weighted by Gasteiger charge is -2.38. The van der Waals surface area contributed by atoms with Crippen molar-refractivity contribution in [1.29, 1.82) is 0 Å². The third kappa shape index (κ3) is 3.27. The summed E-state index contributed by atoms with van der Waals surface area (Å²) in [6.07, 6.45) is 5.45.